The molecular formula is C24H26N2O3. The lowest BCUT2D eigenvalue weighted by Gasteiger charge is -2.36. The van der Waals surface area contributed by atoms with E-state index in [2.05, 4.69) is 10.6 Å². The second-order valence-electron chi connectivity index (χ2n) is 8.13. The molecule has 0 radical (unpaired) electrons. The van der Waals surface area contributed by atoms with Gasteiger partial charge in [0.15, 0.2) is 0 Å². The minimum absolute atomic E-state index is 0.0218. The molecule has 2 unspecified atom stereocenters. The van der Waals surface area contributed by atoms with Crippen LogP contribution in [0.2, 0.25) is 0 Å². The number of carbonyl (C=O) groups excluding carboxylic acids is 3. The van der Waals surface area contributed by atoms with E-state index >= 15 is 0 Å². The zero-order chi connectivity index (χ0) is 20.2. The van der Waals surface area contributed by atoms with Gasteiger partial charge in [-0.1, -0.05) is 36.8 Å². The van der Waals surface area contributed by atoms with Gasteiger partial charge in [0.05, 0.1) is 0 Å². The Labute approximate surface area is 170 Å². The van der Waals surface area contributed by atoms with E-state index in [1.807, 2.05) is 42.5 Å². The van der Waals surface area contributed by atoms with Gasteiger partial charge in [-0.25, -0.2) is 0 Å². The summed E-state index contributed by atoms with van der Waals surface area (Å²) < 4.78 is 0. The van der Waals surface area contributed by atoms with E-state index in [1.54, 1.807) is 12.1 Å². The van der Waals surface area contributed by atoms with Gasteiger partial charge in [-0.3, -0.25) is 14.4 Å². The average Bonchev–Trinajstić information content (AvgIpc) is 2.73. The predicted octanol–water partition coefficient (Wildman–Crippen LogP) is 3.95. The number of ketones is 1. The zero-order valence-corrected chi connectivity index (χ0v) is 16.4. The van der Waals surface area contributed by atoms with Crippen LogP contribution in [0.4, 0.5) is 5.69 Å². The van der Waals surface area contributed by atoms with Crippen molar-refractivity contribution in [1.82, 2.24) is 5.32 Å². The third-order valence-electron chi connectivity index (χ3n) is 6.11. The molecule has 0 spiro atoms. The van der Waals surface area contributed by atoms with Gasteiger partial charge in [0, 0.05) is 35.5 Å². The van der Waals surface area contributed by atoms with Crippen molar-refractivity contribution in [3.63, 3.8) is 0 Å². The highest BCUT2D eigenvalue weighted by atomic mass is 16.2. The van der Waals surface area contributed by atoms with Gasteiger partial charge in [-0.05, 0) is 55.5 Å². The summed E-state index contributed by atoms with van der Waals surface area (Å²) in [6.45, 7) is 0.380. The van der Waals surface area contributed by atoms with Crippen molar-refractivity contribution in [1.29, 1.82) is 0 Å². The Morgan fingerprint density at radius 2 is 1.66 bits per heavy atom. The number of amides is 2. The maximum Gasteiger partial charge on any atom is 0.255 e. The summed E-state index contributed by atoms with van der Waals surface area (Å²) in [5.41, 5.74) is 2.18. The Hall–Kier alpha value is -2.95. The number of hydrogen-bond donors (Lipinski definition) is 2. The van der Waals surface area contributed by atoms with Gasteiger partial charge in [-0.15, -0.1) is 0 Å². The summed E-state index contributed by atoms with van der Waals surface area (Å²) in [6.07, 6.45) is 4.32. The Balaban J connectivity index is 1.34. The largest absolute Gasteiger partial charge is 0.352 e. The molecule has 5 heteroatoms. The van der Waals surface area contributed by atoms with Crippen LogP contribution in [-0.2, 0) is 16.1 Å². The third kappa shape index (κ3) is 4.56. The maximum atomic E-state index is 12.7. The van der Waals surface area contributed by atoms with Crippen LogP contribution in [0.3, 0.4) is 0 Å². The second-order valence-corrected chi connectivity index (χ2v) is 8.13. The molecule has 29 heavy (non-hydrogen) atoms. The van der Waals surface area contributed by atoms with E-state index in [-0.39, 0.29) is 29.6 Å². The highest BCUT2D eigenvalue weighted by Crippen LogP contribution is 2.40. The highest BCUT2D eigenvalue weighted by Gasteiger charge is 2.41. The lowest BCUT2D eigenvalue weighted by atomic mass is 9.67. The van der Waals surface area contributed by atoms with Gasteiger partial charge in [-0.2, -0.15) is 0 Å². The van der Waals surface area contributed by atoms with Crippen molar-refractivity contribution in [3.8, 4) is 0 Å². The molecule has 2 aliphatic rings. The van der Waals surface area contributed by atoms with E-state index < -0.39 is 0 Å². The van der Waals surface area contributed by atoms with Crippen LogP contribution in [0.25, 0.3) is 0 Å². The van der Waals surface area contributed by atoms with Gasteiger partial charge in [0.1, 0.15) is 5.78 Å². The minimum Gasteiger partial charge on any atom is -0.352 e. The quantitative estimate of drug-likeness (QED) is 0.812. The number of carbonyl (C=O) groups is 3. The first kappa shape index (κ1) is 19.4. The fourth-order valence-corrected chi connectivity index (χ4v) is 4.57. The lowest BCUT2D eigenvalue weighted by molar-refractivity contribution is -0.137. The smallest absolute Gasteiger partial charge is 0.255 e. The van der Waals surface area contributed by atoms with Crippen molar-refractivity contribution >= 4 is 23.3 Å². The van der Waals surface area contributed by atoms with Crippen molar-refractivity contribution in [3.05, 3.63) is 65.7 Å². The molecule has 2 fully saturated rings. The predicted molar refractivity (Wildman–Crippen MR) is 111 cm³/mol. The lowest BCUT2D eigenvalue weighted by Crippen LogP contribution is -2.42. The first-order valence-electron chi connectivity index (χ1n) is 10.4. The zero-order valence-electron chi connectivity index (χ0n) is 16.4. The number of hydrogen-bond acceptors (Lipinski definition) is 3. The van der Waals surface area contributed by atoms with E-state index in [4.69, 9.17) is 0 Å². The first-order chi connectivity index (χ1) is 14.1. The Morgan fingerprint density at radius 1 is 0.931 bits per heavy atom. The molecule has 2 aromatic rings. The summed E-state index contributed by atoms with van der Waals surface area (Å²) in [5, 5.41) is 5.88. The number of para-hydroxylation sites is 1. The topological polar surface area (TPSA) is 75.3 Å². The number of nitrogens with one attached hydrogen (secondary N) is 2. The van der Waals surface area contributed by atoms with Crippen LogP contribution in [0.5, 0.6) is 0 Å². The Bertz CT molecular complexity index is 893. The number of Topliss-reactive ketones (excluding diaryl/α,β-unsaturated/α-hetero) is 1. The van der Waals surface area contributed by atoms with E-state index in [1.165, 1.54) is 0 Å². The molecular weight excluding hydrogens is 364 g/mol. The summed E-state index contributed by atoms with van der Waals surface area (Å²) in [5.74, 6) is 0.285. The van der Waals surface area contributed by atoms with Gasteiger partial charge < -0.3 is 10.6 Å². The molecule has 2 bridgehead atoms. The van der Waals surface area contributed by atoms with Crippen molar-refractivity contribution in [2.24, 2.45) is 17.8 Å². The minimum atomic E-state index is -0.178. The fourth-order valence-electron chi connectivity index (χ4n) is 4.57. The van der Waals surface area contributed by atoms with E-state index in [0.717, 1.165) is 30.5 Å². The SMILES string of the molecule is O=C(Nc1ccccc1)c1cccc(CNC(=O)C2CC3CCCC(C2)C3=O)c1. The van der Waals surface area contributed by atoms with Crippen LogP contribution in [0.15, 0.2) is 54.6 Å². The van der Waals surface area contributed by atoms with Crippen molar-refractivity contribution < 1.29 is 14.4 Å². The Kier molecular flexibility index (Phi) is 5.74. The van der Waals surface area contributed by atoms with Crippen LogP contribution in [-0.4, -0.2) is 17.6 Å². The molecule has 0 saturated heterocycles. The molecule has 2 saturated carbocycles. The first-order valence-corrected chi connectivity index (χ1v) is 10.4. The standard InChI is InChI=1S/C24H26N2O3/c27-22-17-7-5-8-18(22)14-20(13-17)23(28)25-15-16-6-4-9-19(12-16)24(29)26-21-10-2-1-3-11-21/h1-4,6,9-12,17-18,20H,5,7-8,13-15H2,(H,25,28)(H,26,29). The monoisotopic (exact) mass is 390 g/mol. The van der Waals surface area contributed by atoms with Crippen LogP contribution in [0, 0.1) is 17.8 Å². The van der Waals surface area contributed by atoms with Crippen LogP contribution < -0.4 is 10.6 Å². The van der Waals surface area contributed by atoms with Crippen molar-refractivity contribution in [2.45, 2.75) is 38.6 Å². The molecule has 150 valence electrons. The van der Waals surface area contributed by atoms with Crippen LogP contribution >= 0.6 is 0 Å². The normalized spacial score (nSPS) is 23.3. The number of rotatable bonds is 5. The van der Waals surface area contributed by atoms with Crippen molar-refractivity contribution in [2.75, 3.05) is 5.32 Å². The van der Waals surface area contributed by atoms with Gasteiger partial charge >= 0.3 is 0 Å². The summed E-state index contributed by atoms with van der Waals surface area (Å²) in [4.78, 5) is 37.3. The molecule has 2 aromatic carbocycles. The van der Waals surface area contributed by atoms with Gasteiger partial charge in [0.2, 0.25) is 5.91 Å². The molecule has 0 aliphatic heterocycles. The second kappa shape index (κ2) is 8.60. The average molecular weight is 390 g/mol. The molecule has 5 nitrogen and oxygen atoms in total. The summed E-state index contributed by atoms with van der Waals surface area (Å²) in [7, 11) is 0. The molecule has 4 rings (SSSR count). The van der Waals surface area contributed by atoms with E-state index in [0.29, 0.717) is 30.7 Å². The molecule has 2 amide bonds. The fraction of sp³-hybridized carbons (Fsp3) is 0.375. The molecule has 0 aromatic heterocycles. The number of anilines is 1. The highest BCUT2D eigenvalue weighted by molar-refractivity contribution is 6.04. The van der Waals surface area contributed by atoms with Gasteiger partial charge in [0.25, 0.3) is 5.91 Å². The number of benzene rings is 2. The Morgan fingerprint density at radius 3 is 2.38 bits per heavy atom. The third-order valence-corrected chi connectivity index (χ3v) is 6.11. The molecule has 2 N–H and O–H groups in total. The summed E-state index contributed by atoms with van der Waals surface area (Å²) >= 11 is 0. The summed E-state index contributed by atoms with van der Waals surface area (Å²) in [6, 6.07) is 16.6. The van der Waals surface area contributed by atoms with E-state index in [9.17, 15) is 14.4 Å². The number of fused-ring (bicyclic) bond motifs is 2. The van der Waals surface area contributed by atoms with Crippen LogP contribution in [0.1, 0.15) is 48.0 Å². The molecule has 2 atom stereocenters. The molecule has 2 aliphatic carbocycles. The maximum absolute atomic E-state index is 12.7. The molecule has 0 heterocycles.